The van der Waals surface area contributed by atoms with E-state index in [2.05, 4.69) is 16.9 Å². The van der Waals surface area contributed by atoms with Gasteiger partial charge in [-0.25, -0.2) is 4.98 Å². The lowest BCUT2D eigenvalue weighted by Gasteiger charge is -2.05. The Hall–Kier alpha value is -1.51. The molecule has 1 aromatic rings. The summed E-state index contributed by atoms with van der Waals surface area (Å²) in [4.78, 5) is 4.07. The number of pyridine rings is 1. The lowest BCUT2D eigenvalue weighted by atomic mass is 10.4. The normalized spacial score (nSPS) is 9.31. The van der Waals surface area contributed by atoms with Gasteiger partial charge in [0.15, 0.2) is 0 Å². The number of hydrogen-bond acceptors (Lipinski definition) is 3. The first kappa shape index (κ1) is 9.58. The molecule has 0 radical (unpaired) electrons. The Morgan fingerprint density at radius 1 is 1.69 bits per heavy atom. The maximum atomic E-state index is 5.44. The fourth-order valence-electron chi connectivity index (χ4n) is 0.898. The smallest absolute Gasteiger partial charge is 0.129 e. The molecule has 1 aromatic heterocycles. The highest BCUT2D eigenvalue weighted by Gasteiger charge is 1.94. The fourth-order valence-corrected chi connectivity index (χ4v) is 0.898. The summed E-state index contributed by atoms with van der Waals surface area (Å²) in [7, 11) is 1.83. The molecule has 0 bridgehead atoms. The molecule has 3 heteroatoms. The van der Waals surface area contributed by atoms with Crippen LogP contribution in [0.3, 0.4) is 0 Å². The third-order valence-electron chi connectivity index (χ3n) is 1.58. The maximum absolute atomic E-state index is 5.44. The number of hydrogen-bond donors (Lipinski definition) is 1. The van der Waals surface area contributed by atoms with E-state index in [0.717, 1.165) is 18.0 Å². The Labute approximate surface area is 78.4 Å². The molecule has 0 atom stereocenters. The molecule has 1 heterocycles. The lowest BCUT2D eigenvalue weighted by molar-refractivity contribution is 0.325. The summed E-state index contributed by atoms with van der Waals surface area (Å²) in [5.41, 5.74) is 0. The molecule has 1 N–H and O–H groups in total. The van der Waals surface area contributed by atoms with E-state index in [1.165, 1.54) is 0 Å². The number of nitrogens with zero attached hydrogens (tertiary/aromatic N) is 1. The van der Waals surface area contributed by atoms with Crippen LogP contribution in [0.4, 0.5) is 5.82 Å². The van der Waals surface area contributed by atoms with Crippen LogP contribution < -0.4 is 10.1 Å². The van der Waals surface area contributed by atoms with Crippen LogP contribution in [0.2, 0.25) is 0 Å². The van der Waals surface area contributed by atoms with Gasteiger partial charge in [-0.3, -0.25) is 0 Å². The van der Waals surface area contributed by atoms with Crippen LogP contribution in [-0.4, -0.2) is 18.6 Å². The maximum Gasteiger partial charge on any atom is 0.129 e. The highest BCUT2D eigenvalue weighted by molar-refractivity contribution is 5.39. The molecule has 0 aliphatic rings. The topological polar surface area (TPSA) is 34.1 Å². The van der Waals surface area contributed by atoms with Gasteiger partial charge >= 0.3 is 0 Å². The SMILES string of the molecule is C=CCCOc1ccnc(NC)c1. The molecular weight excluding hydrogens is 164 g/mol. The van der Waals surface area contributed by atoms with Gasteiger partial charge in [-0.15, -0.1) is 6.58 Å². The molecule has 0 spiro atoms. The van der Waals surface area contributed by atoms with Crippen LogP contribution in [0.15, 0.2) is 31.0 Å². The molecule has 0 aliphatic carbocycles. The summed E-state index contributed by atoms with van der Waals surface area (Å²) >= 11 is 0. The molecular formula is C10H14N2O. The Balaban J connectivity index is 2.50. The van der Waals surface area contributed by atoms with Crippen LogP contribution in [0, 0.1) is 0 Å². The van der Waals surface area contributed by atoms with Gasteiger partial charge in [0.05, 0.1) is 6.61 Å². The minimum absolute atomic E-state index is 0.663. The molecule has 1 rings (SSSR count). The van der Waals surface area contributed by atoms with E-state index in [-0.39, 0.29) is 0 Å². The monoisotopic (exact) mass is 178 g/mol. The van der Waals surface area contributed by atoms with Crippen molar-refractivity contribution in [2.75, 3.05) is 19.0 Å². The van der Waals surface area contributed by atoms with Gasteiger partial charge in [0.1, 0.15) is 11.6 Å². The van der Waals surface area contributed by atoms with Crippen molar-refractivity contribution in [2.45, 2.75) is 6.42 Å². The highest BCUT2D eigenvalue weighted by Crippen LogP contribution is 2.13. The molecule has 0 aliphatic heterocycles. The Kier molecular flexibility index (Phi) is 3.82. The lowest BCUT2D eigenvalue weighted by Crippen LogP contribution is -1.97. The Bertz CT molecular complexity index is 273. The Morgan fingerprint density at radius 3 is 3.23 bits per heavy atom. The first-order valence-corrected chi connectivity index (χ1v) is 4.24. The van der Waals surface area contributed by atoms with Crippen LogP contribution in [0.1, 0.15) is 6.42 Å². The summed E-state index contributed by atoms with van der Waals surface area (Å²) in [6.07, 6.45) is 4.41. The molecule has 0 saturated carbocycles. The predicted octanol–water partition coefficient (Wildman–Crippen LogP) is 2.08. The third kappa shape index (κ3) is 3.15. The van der Waals surface area contributed by atoms with Crippen LogP contribution in [0.5, 0.6) is 5.75 Å². The summed E-state index contributed by atoms with van der Waals surface area (Å²) in [6, 6.07) is 3.70. The Morgan fingerprint density at radius 2 is 2.54 bits per heavy atom. The number of anilines is 1. The van der Waals surface area contributed by atoms with Crippen molar-refractivity contribution in [3.8, 4) is 5.75 Å². The van der Waals surface area contributed by atoms with Crippen LogP contribution in [0.25, 0.3) is 0 Å². The molecule has 0 aromatic carbocycles. The second-order valence-electron chi connectivity index (χ2n) is 2.55. The van der Waals surface area contributed by atoms with Gasteiger partial charge in [0, 0.05) is 19.3 Å². The molecule has 0 fully saturated rings. The minimum atomic E-state index is 0.663. The van der Waals surface area contributed by atoms with E-state index >= 15 is 0 Å². The quantitative estimate of drug-likeness (QED) is 0.553. The highest BCUT2D eigenvalue weighted by atomic mass is 16.5. The summed E-state index contributed by atoms with van der Waals surface area (Å²) < 4.78 is 5.44. The number of aromatic nitrogens is 1. The molecule has 13 heavy (non-hydrogen) atoms. The molecule has 70 valence electrons. The van der Waals surface area contributed by atoms with Crippen molar-refractivity contribution >= 4 is 5.82 Å². The predicted molar refractivity (Wildman–Crippen MR) is 54.1 cm³/mol. The van der Waals surface area contributed by atoms with Gasteiger partial charge in [-0.05, 0) is 12.5 Å². The van der Waals surface area contributed by atoms with E-state index in [9.17, 15) is 0 Å². The second kappa shape index (κ2) is 5.19. The molecule has 0 amide bonds. The first-order chi connectivity index (χ1) is 6.36. The fraction of sp³-hybridized carbons (Fsp3) is 0.300. The van der Waals surface area contributed by atoms with Crippen LogP contribution in [-0.2, 0) is 0 Å². The van der Waals surface area contributed by atoms with Gasteiger partial charge in [0.25, 0.3) is 0 Å². The summed E-state index contributed by atoms with van der Waals surface area (Å²) in [5.74, 6) is 1.65. The number of ether oxygens (including phenoxy) is 1. The van der Waals surface area contributed by atoms with Crippen LogP contribution >= 0.6 is 0 Å². The average Bonchev–Trinajstić information content (AvgIpc) is 2.19. The largest absolute Gasteiger partial charge is 0.493 e. The van der Waals surface area contributed by atoms with Crippen molar-refractivity contribution in [1.29, 1.82) is 0 Å². The van der Waals surface area contributed by atoms with Gasteiger partial charge in [0.2, 0.25) is 0 Å². The zero-order valence-corrected chi connectivity index (χ0v) is 7.79. The van der Waals surface area contributed by atoms with Crippen molar-refractivity contribution in [3.63, 3.8) is 0 Å². The van der Waals surface area contributed by atoms with Crippen molar-refractivity contribution in [3.05, 3.63) is 31.0 Å². The van der Waals surface area contributed by atoms with E-state index in [4.69, 9.17) is 4.74 Å². The standard InChI is InChI=1S/C10H14N2O/c1-3-4-7-13-9-5-6-12-10(8-9)11-2/h3,5-6,8H,1,4,7H2,2H3,(H,11,12). The summed E-state index contributed by atoms with van der Waals surface area (Å²) in [6.45, 7) is 4.28. The molecule has 3 nitrogen and oxygen atoms in total. The van der Waals surface area contributed by atoms with Gasteiger partial charge < -0.3 is 10.1 Å². The van der Waals surface area contributed by atoms with Crippen molar-refractivity contribution in [1.82, 2.24) is 4.98 Å². The van der Waals surface area contributed by atoms with Gasteiger partial charge in [-0.2, -0.15) is 0 Å². The zero-order valence-electron chi connectivity index (χ0n) is 7.79. The molecule has 0 unspecified atom stereocenters. The van der Waals surface area contributed by atoms with E-state index in [1.54, 1.807) is 6.20 Å². The molecule has 0 saturated heterocycles. The first-order valence-electron chi connectivity index (χ1n) is 4.24. The average molecular weight is 178 g/mol. The van der Waals surface area contributed by atoms with E-state index < -0.39 is 0 Å². The van der Waals surface area contributed by atoms with Crippen molar-refractivity contribution in [2.24, 2.45) is 0 Å². The summed E-state index contributed by atoms with van der Waals surface area (Å²) in [5, 5.41) is 2.95. The van der Waals surface area contributed by atoms with Gasteiger partial charge in [-0.1, -0.05) is 6.08 Å². The van der Waals surface area contributed by atoms with E-state index in [1.807, 2.05) is 25.3 Å². The second-order valence-corrected chi connectivity index (χ2v) is 2.55. The van der Waals surface area contributed by atoms with Crippen molar-refractivity contribution < 1.29 is 4.74 Å². The minimum Gasteiger partial charge on any atom is -0.493 e. The third-order valence-corrected chi connectivity index (χ3v) is 1.58. The number of rotatable bonds is 5. The van der Waals surface area contributed by atoms with E-state index in [0.29, 0.717) is 6.61 Å². The zero-order chi connectivity index (χ0) is 9.52. The number of nitrogens with one attached hydrogen (secondary N) is 1.